The lowest BCUT2D eigenvalue weighted by atomic mass is 9.96. The molecule has 1 unspecified atom stereocenters. The molecule has 0 spiro atoms. The molecule has 1 aromatic carbocycles. The van der Waals surface area contributed by atoms with Crippen molar-refractivity contribution >= 4 is 11.9 Å². The van der Waals surface area contributed by atoms with Gasteiger partial charge in [-0.05, 0) is 24.8 Å². The number of carboxylic acid groups (broad SMARTS) is 1. The van der Waals surface area contributed by atoms with E-state index in [9.17, 15) is 9.59 Å². The van der Waals surface area contributed by atoms with Crippen LogP contribution in [0.4, 0.5) is 0 Å². The van der Waals surface area contributed by atoms with E-state index in [0.29, 0.717) is 19.4 Å². The summed E-state index contributed by atoms with van der Waals surface area (Å²) in [5, 5.41) is 11.7. The second-order valence-corrected chi connectivity index (χ2v) is 5.29. The number of rotatable bonds is 6. The van der Waals surface area contributed by atoms with Gasteiger partial charge in [0.25, 0.3) is 0 Å². The molecule has 1 aliphatic heterocycles. The smallest absolute Gasteiger partial charge is 0.332 e. The fourth-order valence-electron chi connectivity index (χ4n) is 2.57. The molecule has 1 aromatic rings. The molecular weight excluding hydrogens is 270 g/mol. The van der Waals surface area contributed by atoms with Crippen molar-refractivity contribution in [3.8, 4) is 0 Å². The third-order valence-electron chi connectivity index (χ3n) is 3.87. The van der Waals surface area contributed by atoms with E-state index in [4.69, 9.17) is 9.84 Å². The van der Waals surface area contributed by atoms with Gasteiger partial charge in [0.05, 0.1) is 0 Å². The van der Waals surface area contributed by atoms with E-state index in [2.05, 4.69) is 12.2 Å². The average Bonchev–Trinajstić information content (AvgIpc) is 2.99. The van der Waals surface area contributed by atoms with E-state index in [1.54, 1.807) is 0 Å². The predicted molar refractivity (Wildman–Crippen MR) is 78.0 cm³/mol. The zero-order valence-electron chi connectivity index (χ0n) is 12.1. The molecule has 0 aromatic heterocycles. The van der Waals surface area contributed by atoms with E-state index >= 15 is 0 Å². The maximum Gasteiger partial charge on any atom is 0.332 e. The first-order chi connectivity index (χ1) is 10.1. The van der Waals surface area contributed by atoms with E-state index in [1.165, 1.54) is 5.56 Å². The molecule has 0 aliphatic carbocycles. The number of amides is 1. The van der Waals surface area contributed by atoms with Crippen LogP contribution in [0.5, 0.6) is 0 Å². The Kier molecular flexibility index (Phi) is 5.33. The van der Waals surface area contributed by atoms with Crippen LogP contribution in [0.3, 0.4) is 0 Å². The molecule has 0 bridgehead atoms. The van der Waals surface area contributed by atoms with Crippen molar-refractivity contribution in [2.45, 2.75) is 44.3 Å². The van der Waals surface area contributed by atoms with Gasteiger partial charge in [0.15, 0.2) is 6.10 Å². The van der Waals surface area contributed by atoms with Gasteiger partial charge in [-0.25, -0.2) is 4.79 Å². The first-order valence-electron chi connectivity index (χ1n) is 7.32. The van der Waals surface area contributed by atoms with E-state index < -0.39 is 18.2 Å². The fraction of sp³-hybridized carbons (Fsp3) is 0.500. The normalized spacial score (nSPS) is 22.7. The van der Waals surface area contributed by atoms with Crippen molar-refractivity contribution in [2.75, 3.05) is 6.54 Å². The van der Waals surface area contributed by atoms with Crippen LogP contribution in [-0.2, 0) is 14.3 Å². The van der Waals surface area contributed by atoms with Crippen molar-refractivity contribution in [3.05, 3.63) is 35.9 Å². The first-order valence-corrected chi connectivity index (χ1v) is 7.32. The standard InChI is InChI=1S/C16H21NO4/c1-2-11(12-6-4-3-5-7-12)10-17-15(18)13-8-9-14(21-13)16(19)20/h3-7,11,13-14H,2,8-10H2,1H3,(H,17,18)(H,19,20)/t11?,13-,14+/m0/s1. The maximum atomic E-state index is 12.0. The van der Waals surface area contributed by atoms with Gasteiger partial charge in [0.1, 0.15) is 6.10 Å². The van der Waals surface area contributed by atoms with Crippen LogP contribution in [0.15, 0.2) is 30.3 Å². The number of benzene rings is 1. The van der Waals surface area contributed by atoms with Crippen LogP contribution in [0.2, 0.25) is 0 Å². The van der Waals surface area contributed by atoms with Gasteiger partial charge in [0, 0.05) is 12.5 Å². The third-order valence-corrected chi connectivity index (χ3v) is 3.87. The number of carbonyl (C=O) groups is 2. The summed E-state index contributed by atoms with van der Waals surface area (Å²) in [5.74, 6) is -0.957. The molecule has 114 valence electrons. The van der Waals surface area contributed by atoms with E-state index in [0.717, 1.165) is 6.42 Å². The Balaban J connectivity index is 1.85. The minimum atomic E-state index is -0.999. The summed E-state index contributed by atoms with van der Waals surface area (Å²) in [4.78, 5) is 22.8. The summed E-state index contributed by atoms with van der Waals surface area (Å²) in [6.45, 7) is 2.62. The Morgan fingerprint density at radius 2 is 1.95 bits per heavy atom. The molecular formula is C16H21NO4. The highest BCUT2D eigenvalue weighted by atomic mass is 16.5. The summed E-state index contributed by atoms with van der Waals surface area (Å²) < 4.78 is 5.24. The number of nitrogens with one attached hydrogen (secondary N) is 1. The Hall–Kier alpha value is -1.88. The van der Waals surface area contributed by atoms with Crippen LogP contribution in [0.25, 0.3) is 0 Å². The number of carbonyl (C=O) groups excluding carboxylic acids is 1. The van der Waals surface area contributed by atoms with Gasteiger partial charge in [0.2, 0.25) is 5.91 Å². The summed E-state index contributed by atoms with van der Waals surface area (Å²) >= 11 is 0. The van der Waals surface area contributed by atoms with Crippen molar-refractivity contribution < 1.29 is 19.4 Å². The van der Waals surface area contributed by atoms with Gasteiger partial charge < -0.3 is 15.2 Å². The monoisotopic (exact) mass is 291 g/mol. The van der Waals surface area contributed by atoms with Gasteiger partial charge in [-0.1, -0.05) is 37.3 Å². The SMILES string of the molecule is CCC(CNC(=O)[C@@H]1CC[C@H](C(=O)O)O1)c1ccccc1. The Morgan fingerprint density at radius 3 is 2.52 bits per heavy atom. The second-order valence-electron chi connectivity index (χ2n) is 5.29. The summed E-state index contributed by atoms with van der Waals surface area (Å²) in [5.41, 5.74) is 1.19. The lowest BCUT2D eigenvalue weighted by molar-refractivity contribution is -0.151. The Morgan fingerprint density at radius 1 is 1.29 bits per heavy atom. The van der Waals surface area contributed by atoms with Crippen molar-refractivity contribution in [1.29, 1.82) is 0 Å². The molecule has 3 atom stereocenters. The zero-order chi connectivity index (χ0) is 15.2. The number of carboxylic acids is 1. The zero-order valence-corrected chi connectivity index (χ0v) is 12.1. The number of ether oxygens (including phenoxy) is 1. The van der Waals surface area contributed by atoms with Crippen molar-refractivity contribution in [1.82, 2.24) is 5.32 Å². The molecule has 0 saturated carbocycles. The Labute approximate surface area is 124 Å². The lowest BCUT2D eigenvalue weighted by Crippen LogP contribution is -2.37. The summed E-state index contributed by atoms with van der Waals surface area (Å²) in [6, 6.07) is 10.0. The van der Waals surface area contributed by atoms with Gasteiger partial charge in [-0.2, -0.15) is 0 Å². The molecule has 1 aliphatic rings. The van der Waals surface area contributed by atoms with Gasteiger partial charge in [-0.15, -0.1) is 0 Å². The molecule has 1 saturated heterocycles. The van der Waals surface area contributed by atoms with Crippen molar-refractivity contribution in [2.24, 2.45) is 0 Å². The summed E-state index contributed by atoms with van der Waals surface area (Å²) in [6.07, 6.45) is 0.290. The fourth-order valence-corrected chi connectivity index (χ4v) is 2.57. The lowest BCUT2D eigenvalue weighted by Gasteiger charge is -2.18. The minimum Gasteiger partial charge on any atom is -0.479 e. The molecule has 21 heavy (non-hydrogen) atoms. The van der Waals surface area contributed by atoms with Crippen LogP contribution >= 0.6 is 0 Å². The second kappa shape index (κ2) is 7.22. The predicted octanol–water partition coefficient (Wildman–Crippen LogP) is 1.93. The molecule has 0 radical (unpaired) electrons. The first kappa shape index (κ1) is 15.5. The molecule has 1 fully saturated rings. The van der Waals surface area contributed by atoms with Gasteiger partial charge >= 0.3 is 5.97 Å². The van der Waals surface area contributed by atoms with Crippen molar-refractivity contribution in [3.63, 3.8) is 0 Å². The largest absolute Gasteiger partial charge is 0.479 e. The summed E-state index contributed by atoms with van der Waals surface area (Å²) in [7, 11) is 0. The molecule has 2 rings (SSSR count). The number of hydrogen-bond acceptors (Lipinski definition) is 3. The maximum absolute atomic E-state index is 12.0. The Bertz CT molecular complexity index is 488. The molecule has 5 heteroatoms. The highest BCUT2D eigenvalue weighted by molar-refractivity contribution is 5.82. The van der Waals surface area contributed by atoms with E-state index in [1.807, 2.05) is 30.3 Å². The van der Waals surface area contributed by atoms with Crippen LogP contribution in [0, 0.1) is 0 Å². The van der Waals surface area contributed by atoms with Crippen LogP contribution in [-0.4, -0.2) is 35.7 Å². The highest BCUT2D eigenvalue weighted by Gasteiger charge is 2.34. The van der Waals surface area contributed by atoms with Crippen LogP contribution in [0.1, 0.15) is 37.7 Å². The number of aliphatic carboxylic acids is 1. The molecule has 1 amide bonds. The average molecular weight is 291 g/mol. The van der Waals surface area contributed by atoms with E-state index in [-0.39, 0.29) is 11.8 Å². The minimum absolute atomic E-state index is 0.215. The van der Waals surface area contributed by atoms with Crippen LogP contribution < -0.4 is 5.32 Å². The molecule has 1 heterocycles. The highest BCUT2D eigenvalue weighted by Crippen LogP contribution is 2.21. The third kappa shape index (κ3) is 4.04. The number of hydrogen-bond donors (Lipinski definition) is 2. The van der Waals surface area contributed by atoms with Gasteiger partial charge in [-0.3, -0.25) is 4.79 Å². The quantitative estimate of drug-likeness (QED) is 0.839. The molecule has 2 N–H and O–H groups in total. The molecule has 5 nitrogen and oxygen atoms in total. The topological polar surface area (TPSA) is 75.6 Å².